The fourth-order valence-electron chi connectivity index (χ4n) is 3.34. The molecule has 3 heterocycles. The molecular weight excluding hydrogens is 380 g/mol. The number of aromatic nitrogens is 3. The fourth-order valence-corrected chi connectivity index (χ4v) is 3.34. The molecule has 154 valence electrons. The van der Waals surface area contributed by atoms with E-state index in [2.05, 4.69) is 25.4 Å². The standard InChI is InChI=1S/C22H24N6O2/c1-30-18-7-5-17(6-8-18)16-22(29)28-14-12-27(13-15-28)21-10-9-20(25-26-21)24-19-4-2-3-11-23-19/h2-11H,12-16H2,1H3,(H,23,24,25). The monoisotopic (exact) mass is 404 g/mol. The van der Waals surface area contributed by atoms with Crippen LogP contribution in [0.3, 0.4) is 0 Å². The molecule has 0 unspecified atom stereocenters. The summed E-state index contributed by atoms with van der Waals surface area (Å²) < 4.78 is 5.16. The van der Waals surface area contributed by atoms with Gasteiger partial charge in [0.05, 0.1) is 13.5 Å². The summed E-state index contributed by atoms with van der Waals surface area (Å²) in [5, 5.41) is 11.7. The molecule has 1 aliphatic heterocycles. The largest absolute Gasteiger partial charge is 0.497 e. The quantitative estimate of drug-likeness (QED) is 0.676. The third-order valence-corrected chi connectivity index (χ3v) is 5.04. The Balaban J connectivity index is 1.28. The van der Waals surface area contributed by atoms with Crippen LogP contribution in [0.2, 0.25) is 0 Å². The van der Waals surface area contributed by atoms with Crippen LogP contribution in [0.4, 0.5) is 17.5 Å². The molecule has 1 fully saturated rings. The number of carbonyl (C=O) groups excluding carboxylic acids is 1. The van der Waals surface area contributed by atoms with Crippen molar-refractivity contribution in [2.45, 2.75) is 6.42 Å². The van der Waals surface area contributed by atoms with Crippen LogP contribution in [0.25, 0.3) is 0 Å². The van der Waals surface area contributed by atoms with E-state index in [4.69, 9.17) is 4.74 Å². The van der Waals surface area contributed by atoms with Crippen LogP contribution in [0.1, 0.15) is 5.56 Å². The molecule has 0 atom stereocenters. The van der Waals surface area contributed by atoms with E-state index in [0.29, 0.717) is 25.3 Å². The van der Waals surface area contributed by atoms with E-state index >= 15 is 0 Å². The molecule has 8 nitrogen and oxygen atoms in total. The molecule has 0 aliphatic carbocycles. The summed E-state index contributed by atoms with van der Waals surface area (Å²) >= 11 is 0. The molecule has 0 radical (unpaired) electrons. The van der Waals surface area contributed by atoms with E-state index < -0.39 is 0 Å². The van der Waals surface area contributed by atoms with Crippen molar-refractivity contribution in [3.05, 3.63) is 66.4 Å². The molecule has 4 rings (SSSR count). The summed E-state index contributed by atoms with van der Waals surface area (Å²) in [5.41, 5.74) is 0.991. The zero-order valence-electron chi connectivity index (χ0n) is 16.9. The van der Waals surface area contributed by atoms with Gasteiger partial charge < -0.3 is 19.9 Å². The number of anilines is 3. The number of nitrogens with zero attached hydrogens (tertiary/aromatic N) is 5. The van der Waals surface area contributed by atoms with Gasteiger partial charge in [0, 0.05) is 32.4 Å². The average molecular weight is 404 g/mol. The normalized spacial score (nSPS) is 13.8. The molecule has 0 saturated carbocycles. The highest BCUT2D eigenvalue weighted by atomic mass is 16.5. The Morgan fingerprint density at radius 2 is 1.77 bits per heavy atom. The SMILES string of the molecule is COc1ccc(CC(=O)N2CCN(c3ccc(Nc4ccccn4)nn3)CC2)cc1. The maximum atomic E-state index is 12.6. The van der Waals surface area contributed by atoms with Crippen LogP contribution in [-0.2, 0) is 11.2 Å². The molecule has 0 spiro atoms. The molecule has 0 bridgehead atoms. The highest BCUT2D eigenvalue weighted by molar-refractivity contribution is 5.79. The molecule has 3 aromatic rings. The van der Waals surface area contributed by atoms with Gasteiger partial charge in [-0.15, -0.1) is 10.2 Å². The minimum absolute atomic E-state index is 0.140. The highest BCUT2D eigenvalue weighted by Gasteiger charge is 2.22. The van der Waals surface area contributed by atoms with Crippen LogP contribution >= 0.6 is 0 Å². The predicted molar refractivity (Wildman–Crippen MR) is 115 cm³/mol. The number of carbonyl (C=O) groups is 1. The molecule has 8 heteroatoms. The molecular formula is C22H24N6O2. The summed E-state index contributed by atoms with van der Waals surface area (Å²) in [5.74, 6) is 3.11. The second-order valence-electron chi connectivity index (χ2n) is 7.01. The molecule has 1 aliphatic rings. The minimum atomic E-state index is 0.140. The van der Waals surface area contributed by atoms with Gasteiger partial charge in [-0.05, 0) is 42.0 Å². The van der Waals surface area contributed by atoms with Crippen LogP contribution in [-0.4, -0.2) is 59.3 Å². The van der Waals surface area contributed by atoms with E-state index in [-0.39, 0.29) is 5.91 Å². The number of piperazine rings is 1. The molecule has 2 aromatic heterocycles. The zero-order valence-corrected chi connectivity index (χ0v) is 16.9. The molecule has 1 aromatic carbocycles. The Bertz CT molecular complexity index is 955. The van der Waals surface area contributed by atoms with Gasteiger partial charge in [0.2, 0.25) is 5.91 Å². The van der Waals surface area contributed by atoms with Crippen molar-refractivity contribution in [2.75, 3.05) is 43.5 Å². The number of nitrogens with one attached hydrogen (secondary N) is 1. The Morgan fingerprint density at radius 3 is 2.40 bits per heavy atom. The molecule has 1 N–H and O–H groups in total. The number of methoxy groups -OCH3 is 1. The van der Waals surface area contributed by atoms with Gasteiger partial charge in [-0.1, -0.05) is 18.2 Å². The van der Waals surface area contributed by atoms with Crippen LogP contribution in [0.5, 0.6) is 5.75 Å². The lowest BCUT2D eigenvalue weighted by Crippen LogP contribution is -2.49. The van der Waals surface area contributed by atoms with E-state index in [1.54, 1.807) is 13.3 Å². The number of pyridine rings is 1. The van der Waals surface area contributed by atoms with Gasteiger partial charge in [-0.3, -0.25) is 4.79 Å². The van der Waals surface area contributed by atoms with Crippen molar-refractivity contribution in [3.8, 4) is 5.75 Å². The van der Waals surface area contributed by atoms with Gasteiger partial charge >= 0.3 is 0 Å². The lowest BCUT2D eigenvalue weighted by Gasteiger charge is -2.35. The van der Waals surface area contributed by atoms with E-state index in [1.165, 1.54) is 0 Å². The van der Waals surface area contributed by atoms with E-state index in [0.717, 1.165) is 36.0 Å². The lowest BCUT2D eigenvalue weighted by atomic mass is 10.1. The highest BCUT2D eigenvalue weighted by Crippen LogP contribution is 2.17. The Morgan fingerprint density at radius 1 is 0.967 bits per heavy atom. The number of hydrogen-bond donors (Lipinski definition) is 1. The van der Waals surface area contributed by atoms with Crippen molar-refractivity contribution in [1.82, 2.24) is 20.1 Å². The van der Waals surface area contributed by atoms with Gasteiger partial charge in [0.25, 0.3) is 0 Å². The first-order valence-corrected chi connectivity index (χ1v) is 9.89. The fraction of sp³-hybridized carbons (Fsp3) is 0.273. The second kappa shape index (κ2) is 9.21. The number of benzene rings is 1. The van der Waals surface area contributed by atoms with Gasteiger partial charge in [0.1, 0.15) is 11.6 Å². The van der Waals surface area contributed by atoms with Gasteiger partial charge in [-0.2, -0.15) is 0 Å². The minimum Gasteiger partial charge on any atom is -0.497 e. The number of rotatable bonds is 6. The first-order valence-electron chi connectivity index (χ1n) is 9.89. The van der Waals surface area contributed by atoms with Crippen molar-refractivity contribution in [2.24, 2.45) is 0 Å². The van der Waals surface area contributed by atoms with Crippen LogP contribution < -0.4 is 15.0 Å². The summed E-state index contributed by atoms with van der Waals surface area (Å²) in [6.45, 7) is 2.81. The van der Waals surface area contributed by atoms with Crippen molar-refractivity contribution < 1.29 is 9.53 Å². The maximum Gasteiger partial charge on any atom is 0.227 e. The number of hydrogen-bond acceptors (Lipinski definition) is 7. The maximum absolute atomic E-state index is 12.6. The Hall–Kier alpha value is -3.68. The van der Waals surface area contributed by atoms with Gasteiger partial charge in [-0.25, -0.2) is 4.98 Å². The second-order valence-corrected chi connectivity index (χ2v) is 7.01. The topological polar surface area (TPSA) is 83.5 Å². The number of amides is 1. The Kier molecular flexibility index (Phi) is 6.03. The molecule has 1 amide bonds. The summed E-state index contributed by atoms with van der Waals surface area (Å²) in [4.78, 5) is 20.9. The van der Waals surface area contributed by atoms with Crippen molar-refractivity contribution >= 4 is 23.4 Å². The average Bonchev–Trinajstić information content (AvgIpc) is 2.81. The lowest BCUT2D eigenvalue weighted by molar-refractivity contribution is -0.130. The third-order valence-electron chi connectivity index (χ3n) is 5.04. The predicted octanol–water partition coefficient (Wildman–Crippen LogP) is 2.52. The van der Waals surface area contributed by atoms with Crippen molar-refractivity contribution in [3.63, 3.8) is 0 Å². The van der Waals surface area contributed by atoms with E-state index in [9.17, 15) is 4.79 Å². The van der Waals surface area contributed by atoms with Gasteiger partial charge in [0.15, 0.2) is 11.6 Å². The van der Waals surface area contributed by atoms with E-state index in [1.807, 2.05) is 59.5 Å². The molecule has 30 heavy (non-hydrogen) atoms. The number of ether oxygens (including phenoxy) is 1. The smallest absolute Gasteiger partial charge is 0.227 e. The first kappa shape index (κ1) is 19.6. The van der Waals surface area contributed by atoms with Crippen LogP contribution in [0.15, 0.2) is 60.8 Å². The van der Waals surface area contributed by atoms with Crippen molar-refractivity contribution in [1.29, 1.82) is 0 Å². The summed E-state index contributed by atoms with van der Waals surface area (Å²) in [6.07, 6.45) is 2.12. The van der Waals surface area contributed by atoms with Crippen LogP contribution in [0, 0.1) is 0 Å². The zero-order chi connectivity index (χ0) is 20.8. The Labute approximate surface area is 175 Å². The summed E-state index contributed by atoms with van der Waals surface area (Å²) in [6, 6.07) is 17.1. The first-order chi connectivity index (χ1) is 14.7. The third kappa shape index (κ3) is 4.83. The summed E-state index contributed by atoms with van der Waals surface area (Å²) in [7, 11) is 1.63. The molecule has 1 saturated heterocycles.